The van der Waals surface area contributed by atoms with Crippen molar-refractivity contribution in [3.63, 3.8) is 0 Å². The van der Waals surface area contributed by atoms with Gasteiger partial charge in [-0.15, -0.1) is 0 Å². The van der Waals surface area contributed by atoms with Gasteiger partial charge in [-0.25, -0.2) is 0 Å². The summed E-state index contributed by atoms with van der Waals surface area (Å²) in [6.07, 6.45) is 1.93. The van der Waals surface area contributed by atoms with Gasteiger partial charge in [-0.1, -0.05) is 60.2 Å². The maximum Gasteiger partial charge on any atom is 0.266 e. The van der Waals surface area contributed by atoms with E-state index in [9.17, 15) is 4.79 Å². The third kappa shape index (κ3) is 3.91. The third-order valence-electron chi connectivity index (χ3n) is 4.92. The minimum Gasteiger partial charge on any atom is -0.488 e. The van der Waals surface area contributed by atoms with E-state index in [1.54, 1.807) is 19.0 Å². The van der Waals surface area contributed by atoms with Crippen molar-refractivity contribution in [2.45, 2.75) is 13.5 Å². The Morgan fingerprint density at radius 1 is 1.07 bits per heavy atom. The van der Waals surface area contributed by atoms with E-state index in [-0.39, 0.29) is 5.91 Å². The van der Waals surface area contributed by atoms with Gasteiger partial charge >= 0.3 is 0 Å². The molecule has 0 bridgehead atoms. The first-order valence-corrected chi connectivity index (χ1v) is 10.2. The first-order chi connectivity index (χ1) is 14.1. The third-order valence-corrected chi connectivity index (χ3v) is 6.07. The number of nitrogens with zero attached hydrogens (tertiary/aromatic N) is 2. The second-order valence-electron chi connectivity index (χ2n) is 6.95. The average molecular weight is 403 g/mol. The predicted octanol–water partition coefficient (Wildman–Crippen LogP) is 5.26. The maximum atomic E-state index is 12.7. The fraction of sp³-hybridized carbons (Fsp3) is 0.167. The van der Waals surface area contributed by atoms with Gasteiger partial charge in [-0.05, 0) is 47.2 Å². The van der Waals surface area contributed by atoms with E-state index in [1.807, 2.05) is 24.3 Å². The normalized spacial score (nSPS) is 16.9. The molecule has 1 heterocycles. The first-order valence-electron chi connectivity index (χ1n) is 9.41. The Hall–Kier alpha value is -3.05. The standard InChI is InChI=1S/C24H22N2O2S/c1-16-8-10-17(11-9-16)15-28-21-13-12-18-6-4-5-7-19(18)20(21)14-22-23(27)26(3)24(25-2)29-22/h4-14H,15H2,1-3H3/b22-14+,25-24?. The number of rotatable bonds is 4. The van der Waals surface area contributed by atoms with Gasteiger partial charge in [0.25, 0.3) is 5.91 Å². The van der Waals surface area contributed by atoms with E-state index in [4.69, 9.17) is 4.74 Å². The molecule has 1 fully saturated rings. The summed E-state index contributed by atoms with van der Waals surface area (Å²) in [4.78, 5) is 19.1. The number of aliphatic imine (C=N–C) groups is 1. The van der Waals surface area contributed by atoms with Gasteiger partial charge in [-0.2, -0.15) is 0 Å². The van der Waals surface area contributed by atoms with Gasteiger partial charge in [-0.3, -0.25) is 14.7 Å². The number of ether oxygens (including phenoxy) is 1. The van der Waals surface area contributed by atoms with Crippen LogP contribution in [-0.4, -0.2) is 30.1 Å². The summed E-state index contributed by atoms with van der Waals surface area (Å²) in [6, 6.07) is 20.5. The molecule has 0 aliphatic carbocycles. The van der Waals surface area contributed by atoms with E-state index >= 15 is 0 Å². The molecule has 1 saturated heterocycles. The SMILES string of the molecule is CN=C1S/C(=C/c2c(OCc3ccc(C)cc3)ccc3ccccc23)C(=O)N1C. The molecule has 146 valence electrons. The van der Waals surface area contributed by atoms with E-state index in [0.29, 0.717) is 16.7 Å². The number of aryl methyl sites for hydroxylation is 1. The Morgan fingerprint density at radius 3 is 2.55 bits per heavy atom. The number of amidine groups is 1. The maximum absolute atomic E-state index is 12.7. The van der Waals surface area contributed by atoms with Crippen LogP contribution >= 0.6 is 11.8 Å². The molecular weight excluding hydrogens is 380 g/mol. The van der Waals surface area contributed by atoms with Gasteiger partial charge in [0.2, 0.25) is 0 Å². The van der Waals surface area contributed by atoms with Crippen molar-refractivity contribution in [1.82, 2.24) is 4.90 Å². The largest absolute Gasteiger partial charge is 0.488 e. The highest BCUT2D eigenvalue weighted by molar-refractivity contribution is 8.18. The predicted molar refractivity (Wildman–Crippen MR) is 121 cm³/mol. The highest BCUT2D eigenvalue weighted by Gasteiger charge is 2.30. The highest BCUT2D eigenvalue weighted by atomic mass is 32.2. The molecule has 3 aromatic carbocycles. The molecular formula is C24H22N2O2S. The van der Waals surface area contributed by atoms with Crippen LogP contribution in [0.5, 0.6) is 5.75 Å². The first kappa shape index (κ1) is 19.3. The number of fused-ring (bicyclic) bond motifs is 1. The summed E-state index contributed by atoms with van der Waals surface area (Å²) >= 11 is 1.39. The fourth-order valence-corrected chi connectivity index (χ4v) is 4.19. The molecule has 0 N–H and O–H groups in total. The molecule has 1 aliphatic heterocycles. The molecule has 5 heteroatoms. The van der Waals surface area contributed by atoms with Crippen LogP contribution < -0.4 is 4.74 Å². The number of hydrogen-bond donors (Lipinski definition) is 0. The zero-order chi connectivity index (χ0) is 20.4. The molecule has 0 unspecified atom stereocenters. The Kier molecular flexibility index (Phi) is 5.41. The van der Waals surface area contributed by atoms with Gasteiger partial charge in [0.1, 0.15) is 12.4 Å². The lowest BCUT2D eigenvalue weighted by atomic mass is 10.0. The smallest absolute Gasteiger partial charge is 0.266 e. The lowest BCUT2D eigenvalue weighted by molar-refractivity contribution is -0.121. The topological polar surface area (TPSA) is 41.9 Å². The molecule has 0 radical (unpaired) electrons. The quantitative estimate of drug-likeness (QED) is 0.559. The van der Waals surface area contributed by atoms with Crippen LogP contribution in [-0.2, 0) is 11.4 Å². The van der Waals surface area contributed by atoms with Crippen molar-refractivity contribution < 1.29 is 9.53 Å². The minimum atomic E-state index is -0.0481. The molecule has 29 heavy (non-hydrogen) atoms. The molecule has 0 atom stereocenters. The summed E-state index contributed by atoms with van der Waals surface area (Å²) in [7, 11) is 3.44. The summed E-state index contributed by atoms with van der Waals surface area (Å²) in [6.45, 7) is 2.54. The van der Waals surface area contributed by atoms with Crippen molar-refractivity contribution in [1.29, 1.82) is 0 Å². The highest BCUT2D eigenvalue weighted by Crippen LogP contribution is 2.36. The second kappa shape index (κ2) is 8.13. The Labute approximate surface area is 174 Å². The van der Waals surface area contributed by atoms with Crippen LogP contribution in [0.1, 0.15) is 16.7 Å². The van der Waals surface area contributed by atoms with Crippen molar-refractivity contribution in [2.75, 3.05) is 14.1 Å². The van der Waals surface area contributed by atoms with Gasteiger partial charge < -0.3 is 4.74 Å². The lowest BCUT2D eigenvalue weighted by Crippen LogP contribution is -2.23. The van der Waals surface area contributed by atoms with Crippen LogP contribution in [0.3, 0.4) is 0 Å². The van der Waals surface area contributed by atoms with Gasteiger partial charge in [0.15, 0.2) is 5.17 Å². The monoisotopic (exact) mass is 402 g/mol. The van der Waals surface area contributed by atoms with Crippen molar-refractivity contribution in [2.24, 2.45) is 4.99 Å². The van der Waals surface area contributed by atoms with Crippen molar-refractivity contribution in [3.05, 3.63) is 82.3 Å². The van der Waals surface area contributed by atoms with E-state index in [2.05, 4.69) is 54.4 Å². The number of likely N-dealkylation sites (N-methyl/N-ethyl adjacent to an activating group) is 1. The molecule has 4 rings (SSSR count). The van der Waals surface area contributed by atoms with E-state index in [1.165, 1.54) is 17.3 Å². The van der Waals surface area contributed by atoms with Crippen molar-refractivity contribution >= 4 is 39.7 Å². The zero-order valence-corrected chi connectivity index (χ0v) is 17.5. The molecule has 1 amide bonds. The minimum absolute atomic E-state index is 0.0481. The fourth-order valence-electron chi connectivity index (χ4n) is 3.28. The van der Waals surface area contributed by atoms with Crippen molar-refractivity contribution in [3.8, 4) is 5.75 Å². The Morgan fingerprint density at radius 2 is 1.83 bits per heavy atom. The van der Waals surface area contributed by atoms with Crippen LogP contribution in [0, 0.1) is 6.92 Å². The number of carbonyl (C=O) groups is 1. The summed E-state index contributed by atoms with van der Waals surface area (Å²) in [5, 5.41) is 2.86. The van der Waals surface area contributed by atoms with Gasteiger partial charge in [0.05, 0.1) is 4.91 Å². The Balaban J connectivity index is 1.74. The molecule has 0 spiro atoms. The van der Waals surface area contributed by atoms with Gasteiger partial charge in [0, 0.05) is 19.7 Å². The molecule has 0 saturated carbocycles. The second-order valence-corrected chi connectivity index (χ2v) is 7.96. The van der Waals surface area contributed by atoms with Crippen LogP contribution in [0.4, 0.5) is 0 Å². The number of amides is 1. The molecule has 0 aromatic heterocycles. The number of carbonyl (C=O) groups excluding carboxylic acids is 1. The number of thioether (sulfide) groups is 1. The lowest BCUT2D eigenvalue weighted by Gasteiger charge is -2.13. The summed E-state index contributed by atoms with van der Waals surface area (Å²) in [5.74, 6) is 0.711. The number of hydrogen-bond acceptors (Lipinski definition) is 4. The Bertz CT molecular complexity index is 1130. The van der Waals surface area contributed by atoms with E-state index < -0.39 is 0 Å². The molecule has 3 aromatic rings. The molecule has 4 nitrogen and oxygen atoms in total. The summed E-state index contributed by atoms with van der Waals surface area (Å²) < 4.78 is 6.19. The molecule has 1 aliphatic rings. The number of benzene rings is 3. The van der Waals surface area contributed by atoms with Crippen LogP contribution in [0.25, 0.3) is 16.8 Å². The van der Waals surface area contributed by atoms with Crippen LogP contribution in [0.15, 0.2) is 70.6 Å². The van der Waals surface area contributed by atoms with E-state index in [0.717, 1.165) is 27.6 Å². The van der Waals surface area contributed by atoms with Crippen LogP contribution in [0.2, 0.25) is 0 Å². The summed E-state index contributed by atoms with van der Waals surface area (Å²) in [5.41, 5.74) is 3.24. The average Bonchev–Trinajstić information content (AvgIpc) is 3.02. The zero-order valence-electron chi connectivity index (χ0n) is 16.7.